The van der Waals surface area contributed by atoms with Crippen molar-refractivity contribution < 1.29 is 31.5 Å². The van der Waals surface area contributed by atoms with Crippen molar-refractivity contribution in [1.82, 2.24) is 0 Å². The molecule has 2 N–H and O–H groups in total. The van der Waals surface area contributed by atoms with Crippen molar-refractivity contribution in [2.75, 3.05) is 19.5 Å². The summed E-state index contributed by atoms with van der Waals surface area (Å²) in [7, 11) is -2.13. The van der Waals surface area contributed by atoms with E-state index in [2.05, 4.69) is 0 Å². The number of hydrogen-bond acceptors (Lipinski definition) is 5. The molecular formula is C16H16ClF3NO4P. The fourth-order valence-corrected chi connectivity index (χ4v) is 2.78. The molecule has 10 heteroatoms. The normalized spacial score (nSPS) is 14.0. The minimum Gasteiger partial charge on any atom is -0.455 e. The molecule has 0 spiro atoms. The van der Waals surface area contributed by atoms with E-state index in [0.29, 0.717) is 5.56 Å². The molecule has 2 aromatic carbocycles. The zero-order chi connectivity index (χ0) is 19.7. The lowest BCUT2D eigenvalue weighted by atomic mass is 10.2. The van der Waals surface area contributed by atoms with Gasteiger partial charge in [-0.05, 0) is 36.8 Å². The SMILES string of the molecule is COP(C)(=O)Oc1cc(Oc2ccc(C(F)(F)F)cc2Cl)c(C)cc1N. The third-order valence-corrected chi connectivity index (χ3v) is 4.87. The second-order valence-corrected chi connectivity index (χ2v) is 7.94. The van der Waals surface area contributed by atoms with Gasteiger partial charge in [0.2, 0.25) is 0 Å². The van der Waals surface area contributed by atoms with Gasteiger partial charge in [-0.25, -0.2) is 4.57 Å². The van der Waals surface area contributed by atoms with Crippen LogP contribution in [-0.4, -0.2) is 13.8 Å². The van der Waals surface area contributed by atoms with Gasteiger partial charge in [-0.3, -0.25) is 0 Å². The molecule has 0 amide bonds. The van der Waals surface area contributed by atoms with E-state index in [-0.39, 0.29) is 28.0 Å². The van der Waals surface area contributed by atoms with Gasteiger partial charge in [-0.15, -0.1) is 0 Å². The highest BCUT2D eigenvalue weighted by molar-refractivity contribution is 7.53. The van der Waals surface area contributed by atoms with Crippen LogP contribution in [0.2, 0.25) is 5.02 Å². The molecule has 1 atom stereocenters. The van der Waals surface area contributed by atoms with Crippen molar-refractivity contribution >= 4 is 24.9 Å². The lowest BCUT2D eigenvalue weighted by Gasteiger charge is -2.17. The lowest BCUT2D eigenvalue weighted by molar-refractivity contribution is -0.137. The van der Waals surface area contributed by atoms with Crippen LogP contribution < -0.4 is 15.0 Å². The molecular weight excluding hydrogens is 394 g/mol. The molecule has 1 unspecified atom stereocenters. The van der Waals surface area contributed by atoms with Crippen molar-refractivity contribution in [2.45, 2.75) is 13.1 Å². The highest BCUT2D eigenvalue weighted by Gasteiger charge is 2.31. The smallest absolute Gasteiger partial charge is 0.416 e. The molecule has 5 nitrogen and oxygen atoms in total. The number of nitrogen functional groups attached to an aromatic ring is 1. The highest BCUT2D eigenvalue weighted by atomic mass is 35.5. The predicted molar refractivity (Wildman–Crippen MR) is 93.3 cm³/mol. The molecule has 0 saturated carbocycles. The minimum atomic E-state index is -4.51. The molecule has 2 aromatic rings. The Kier molecular flexibility index (Phi) is 5.80. The molecule has 0 aromatic heterocycles. The molecule has 0 aliphatic rings. The summed E-state index contributed by atoms with van der Waals surface area (Å²) < 4.78 is 65.7. The van der Waals surface area contributed by atoms with Crippen LogP contribution in [-0.2, 0) is 15.3 Å². The summed E-state index contributed by atoms with van der Waals surface area (Å²) in [5, 5.41) is -0.212. The van der Waals surface area contributed by atoms with Crippen LogP contribution in [0.25, 0.3) is 0 Å². The van der Waals surface area contributed by atoms with Crippen molar-refractivity contribution in [2.24, 2.45) is 0 Å². The number of ether oxygens (including phenoxy) is 1. The Morgan fingerprint density at radius 3 is 2.31 bits per heavy atom. The van der Waals surface area contributed by atoms with Crippen molar-refractivity contribution in [3.05, 3.63) is 46.5 Å². The van der Waals surface area contributed by atoms with Crippen LogP contribution in [0.3, 0.4) is 0 Å². The first-order valence-corrected chi connectivity index (χ1v) is 9.57. The second kappa shape index (κ2) is 7.39. The number of alkyl halides is 3. The average molecular weight is 410 g/mol. The van der Waals surface area contributed by atoms with Crippen molar-refractivity contribution in [3.63, 3.8) is 0 Å². The third kappa shape index (κ3) is 4.84. The summed E-state index contributed by atoms with van der Waals surface area (Å²) in [6.07, 6.45) is -4.51. The Labute approximate surface area is 153 Å². The largest absolute Gasteiger partial charge is 0.455 e. The Morgan fingerprint density at radius 1 is 1.12 bits per heavy atom. The van der Waals surface area contributed by atoms with Gasteiger partial charge in [0.25, 0.3) is 0 Å². The number of halogens is 4. The quantitative estimate of drug-likeness (QED) is 0.492. The maximum absolute atomic E-state index is 12.7. The predicted octanol–water partition coefficient (Wildman–Crippen LogP) is 5.89. The number of anilines is 1. The summed E-state index contributed by atoms with van der Waals surface area (Å²) in [5.74, 6) is 0.304. The van der Waals surface area contributed by atoms with Crippen LogP contribution in [0.1, 0.15) is 11.1 Å². The Bertz CT molecular complexity index is 873. The van der Waals surface area contributed by atoms with Gasteiger partial charge in [-0.2, -0.15) is 13.2 Å². The first-order valence-electron chi connectivity index (χ1n) is 7.20. The first-order chi connectivity index (χ1) is 11.9. The number of benzene rings is 2. The number of rotatable bonds is 5. The summed E-state index contributed by atoms with van der Waals surface area (Å²) in [4.78, 5) is 0. The zero-order valence-electron chi connectivity index (χ0n) is 14.1. The zero-order valence-corrected chi connectivity index (χ0v) is 15.7. The van der Waals surface area contributed by atoms with Crippen LogP contribution in [0.5, 0.6) is 17.2 Å². The summed E-state index contributed by atoms with van der Waals surface area (Å²) in [6.45, 7) is 2.94. The van der Waals surface area contributed by atoms with Gasteiger partial charge in [0.05, 0.1) is 16.3 Å². The second-order valence-electron chi connectivity index (χ2n) is 5.45. The number of nitrogens with two attached hydrogens (primary N) is 1. The molecule has 0 bridgehead atoms. The molecule has 0 radical (unpaired) electrons. The fourth-order valence-electron chi connectivity index (χ4n) is 1.98. The maximum Gasteiger partial charge on any atom is 0.416 e. The molecule has 0 aliphatic heterocycles. The van der Waals surface area contributed by atoms with E-state index < -0.39 is 19.3 Å². The molecule has 0 aliphatic carbocycles. The minimum absolute atomic E-state index is 0.0184. The number of aryl methyl sites for hydroxylation is 1. The Morgan fingerprint density at radius 2 is 1.77 bits per heavy atom. The number of hydrogen-bond donors (Lipinski definition) is 1. The van der Waals surface area contributed by atoms with E-state index in [1.165, 1.54) is 25.9 Å². The van der Waals surface area contributed by atoms with E-state index in [1.807, 2.05) is 0 Å². The van der Waals surface area contributed by atoms with E-state index >= 15 is 0 Å². The maximum atomic E-state index is 12.7. The van der Waals surface area contributed by atoms with Gasteiger partial charge in [0.1, 0.15) is 11.5 Å². The van der Waals surface area contributed by atoms with Crippen LogP contribution in [0.15, 0.2) is 30.3 Å². The molecule has 142 valence electrons. The molecule has 2 rings (SSSR count). The molecule has 0 saturated heterocycles. The fraction of sp³-hybridized carbons (Fsp3) is 0.250. The lowest BCUT2D eigenvalue weighted by Crippen LogP contribution is -2.04. The van der Waals surface area contributed by atoms with Gasteiger partial charge < -0.3 is 19.5 Å². The third-order valence-electron chi connectivity index (χ3n) is 3.38. The van der Waals surface area contributed by atoms with Gasteiger partial charge in [-0.1, -0.05) is 11.6 Å². The van der Waals surface area contributed by atoms with E-state index in [9.17, 15) is 17.7 Å². The van der Waals surface area contributed by atoms with Crippen LogP contribution in [0, 0.1) is 6.92 Å². The van der Waals surface area contributed by atoms with Crippen molar-refractivity contribution in [3.8, 4) is 17.2 Å². The van der Waals surface area contributed by atoms with E-state index in [4.69, 9.17) is 31.1 Å². The van der Waals surface area contributed by atoms with Gasteiger partial charge in [0, 0.05) is 19.8 Å². The first kappa shape index (κ1) is 20.4. The summed E-state index contributed by atoms with van der Waals surface area (Å²) in [5.41, 5.74) is 5.73. The molecule has 0 fully saturated rings. The van der Waals surface area contributed by atoms with Crippen LogP contribution in [0.4, 0.5) is 18.9 Å². The molecule has 26 heavy (non-hydrogen) atoms. The van der Waals surface area contributed by atoms with E-state index in [0.717, 1.165) is 18.2 Å². The van der Waals surface area contributed by atoms with Crippen molar-refractivity contribution in [1.29, 1.82) is 0 Å². The van der Waals surface area contributed by atoms with Gasteiger partial charge >= 0.3 is 13.8 Å². The topological polar surface area (TPSA) is 70.8 Å². The Balaban J connectivity index is 2.36. The van der Waals surface area contributed by atoms with Gasteiger partial charge in [0.15, 0.2) is 5.75 Å². The summed E-state index contributed by atoms with van der Waals surface area (Å²) in [6, 6.07) is 5.62. The van der Waals surface area contributed by atoms with E-state index in [1.54, 1.807) is 6.92 Å². The molecule has 0 heterocycles. The highest BCUT2D eigenvalue weighted by Crippen LogP contribution is 2.47. The standard InChI is InChI=1S/C16H16ClF3NO4P/c1-9-6-12(21)15(25-26(3,22)23-2)8-14(9)24-13-5-4-10(7-11(13)17)16(18,19)20/h4-8H,21H2,1-3H3. The monoisotopic (exact) mass is 409 g/mol. The summed E-state index contributed by atoms with van der Waals surface area (Å²) >= 11 is 5.89. The van der Waals surface area contributed by atoms with Crippen LogP contribution >= 0.6 is 19.2 Å². The Hall–Kier alpha value is -1.89. The average Bonchev–Trinajstić information content (AvgIpc) is 2.52.